The summed E-state index contributed by atoms with van der Waals surface area (Å²) in [5.41, 5.74) is 0.354. The molecule has 2 rings (SSSR count). The third kappa shape index (κ3) is 3.98. The van der Waals surface area contributed by atoms with Crippen molar-refractivity contribution in [1.82, 2.24) is 9.88 Å². The number of carbonyl (C=O) groups is 1. The second-order valence-electron chi connectivity index (χ2n) is 5.14. The molecule has 25 heavy (non-hydrogen) atoms. The number of pyridine rings is 1. The molecule has 0 saturated carbocycles. The summed E-state index contributed by atoms with van der Waals surface area (Å²) < 4.78 is 0. The molecule has 0 fully saturated rings. The van der Waals surface area contributed by atoms with E-state index in [1.807, 2.05) is 0 Å². The number of non-ortho nitro benzene ring substituents is 1. The van der Waals surface area contributed by atoms with E-state index in [4.69, 9.17) is 46.4 Å². The minimum atomic E-state index is -0.551. The van der Waals surface area contributed by atoms with Crippen molar-refractivity contribution in [1.29, 1.82) is 0 Å². The van der Waals surface area contributed by atoms with Crippen molar-refractivity contribution in [2.45, 2.75) is 13.0 Å². The van der Waals surface area contributed by atoms with Gasteiger partial charge in [-0.2, -0.15) is 0 Å². The zero-order valence-electron chi connectivity index (χ0n) is 13.0. The largest absolute Gasteiger partial charge is 0.334 e. The SMILES string of the molecule is C[C@H](c1cccc([N+](=O)[O-])c1)N(C)C(=O)c1nc(Cl)c(Cl)c(Cl)c1Cl. The van der Waals surface area contributed by atoms with Crippen LogP contribution in [0.4, 0.5) is 5.69 Å². The molecule has 0 saturated heterocycles. The molecule has 0 N–H and O–H groups in total. The molecule has 0 unspecified atom stereocenters. The van der Waals surface area contributed by atoms with Gasteiger partial charge in [0.1, 0.15) is 10.8 Å². The summed E-state index contributed by atoms with van der Waals surface area (Å²) in [6, 6.07) is 5.50. The van der Waals surface area contributed by atoms with Crippen LogP contribution in [0.1, 0.15) is 29.0 Å². The van der Waals surface area contributed by atoms with Gasteiger partial charge in [-0.05, 0) is 12.5 Å². The Morgan fingerprint density at radius 3 is 2.44 bits per heavy atom. The van der Waals surface area contributed by atoms with Crippen LogP contribution in [-0.2, 0) is 0 Å². The van der Waals surface area contributed by atoms with Gasteiger partial charge < -0.3 is 4.90 Å². The van der Waals surface area contributed by atoms with Crippen LogP contribution in [0.5, 0.6) is 0 Å². The van der Waals surface area contributed by atoms with E-state index in [0.717, 1.165) is 0 Å². The molecule has 0 aliphatic rings. The quantitative estimate of drug-likeness (QED) is 0.373. The van der Waals surface area contributed by atoms with Crippen LogP contribution >= 0.6 is 46.4 Å². The highest BCUT2D eigenvalue weighted by molar-refractivity contribution is 6.52. The van der Waals surface area contributed by atoms with Crippen LogP contribution in [0.15, 0.2) is 24.3 Å². The van der Waals surface area contributed by atoms with Crippen molar-refractivity contribution in [3.8, 4) is 0 Å². The van der Waals surface area contributed by atoms with Gasteiger partial charge >= 0.3 is 0 Å². The third-order valence-electron chi connectivity index (χ3n) is 3.65. The van der Waals surface area contributed by atoms with Crippen LogP contribution in [0.2, 0.25) is 20.2 Å². The number of halogens is 4. The zero-order chi connectivity index (χ0) is 18.9. The average Bonchev–Trinajstić information content (AvgIpc) is 2.61. The van der Waals surface area contributed by atoms with Gasteiger partial charge in [-0.25, -0.2) is 4.98 Å². The number of aromatic nitrogens is 1. The van der Waals surface area contributed by atoms with Crippen LogP contribution in [0.3, 0.4) is 0 Å². The molecular formula is C15H11Cl4N3O3. The fourth-order valence-corrected chi connectivity index (χ4v) is 2.90. The molecule has 0 bridgehead atoms. The summed E-state index contributed by atoms with van der Waals surface area (Å²) >= 11 is 23.7. The zero-order valence-corrected chi connectivity index (χ0v) is 16.0. The number of carbonyl (C=O) groups excluding carboxylic acids is 1. The first kappa shape index (κ1) is 19.7. The summed E-state index contributed by atoms with van der Waals surface area (Å²) in [4.78, 5) is 28.3. The minimum absolute atomic E-state index is 0.0423. The number of hydrogen-bond acceptors (Lipinski definition) is 4. The van der Waals surface area contributed by atoms with E-state index in [9.17, 15) is 14.9 Å². The van der Waals surface area contributed by atoms with Gasteiger partial charge in [-0.3, -0.25) is 14.9 Å². The van der Waals surface area contributed by atoms with Crippen molar-refractivity contribution in [2.24, 2.45) is 0 Å². The van der Waals surface area contributed by atoms with Gasteiger partial charge in [0, 0.05) is 19.2 Å². The Balaban J connectivity index is 2.37. The molecule has 1 atom stereocenters. The monoisotopic (exact) mass is 421 g/mol. The van der Waals surface area contributed by atoms with E-state index in [1.165, 1.54) is 24.1 Å². The highest BCUT2D eigenvalue weighted by Crippen LogP contribution is 2.37. The van der Waals surface area contributed by atoms with E-state index >= 15 is 0 Å². The number of nitrogens with zero attached hydrogens (tertiary/aromatic N) is 3. The van der Waals surface area contributed by atoms with Gasteiger partial charge in [-0.15, -0.1) is 0 Å². The first-order chi connectivity index (χ1) is 11.6. The number of rotatable bonds is 4. The maximum Gasteiger partial charge on any atom is 0.274 e. The Labute approximate surface area is 163 Å². The molecular weight excluding hydrogens is 412 g/mol. The molecule has 2 aromatic rings. The van der Waals surface area contributed by atoms with Crippen molar-refractivity contribution in [2.75, 3.05) is 7.05 Å². The standard InChI is InChI=1S/C15H11Cl4N3O3/c1-7(8-4-3-5-9(6-8)22(24)25)21(2)15(23)13-11(17)10(16)12(18)14(19)20-13/h3-7H,1-2H3/t7-/m1/s1. The second kappa shape index (κ2) is 7.74. The number of amides is 1. The van der Waals surface area contributed by atoms with E-state index in [0.29, 0.717) is 5.56 Å². The summed E-state index contributed by atoms with van der Waals surface area (Å²) in [6.45, 7) is 1.71. The fraction of sp³-hybridized carbons (Fsp3) is 0.200. The summed E-state index contributed by atoms with van der Waals surface area (Å²) in [7, 11) is 1.51. The molecule has 0 spiro atoms. The van der Waals surface area contributed by atoms with E-state index in [-0.39, 0.29) is 31.6 Å². The van der Waals surface area contributed by atoms with Crippen LogP contribution in [0, 0.1) is 10.1 Å². The first-order valence-electron chi connectivity index (χ1n) is 6.86. The molecule has 0 radical (unpaired) electrons. The lowest BCUT2D eigenvalue weighted by molar-refractivity contribution is -0.384. The molecule has 0 aliphatic carbocycles. The van der Waals surface area contributed by atoms with Crippen LogP contribution in [0.25, 0.3) is 0 Å². The van der Waals surface area contributed by atoms with Crippen molar-refractivity contribution < 1.29 is 9.72 Å². The maximum absolute atomic E-state index is 12.7. The number of hydrogen-bond donors (Lipinski definition) is 0. The minimum Gasteiger partial charge on any atom is -0.334 e. The third-order valence-corrected chi connectivity index (χ3v) is 5.33. The number of benzene rings is 1. The summed E-state index contributed by atoms with van der Waals surface area (Å²) in [5, 5.41) is 10.5. The lowest BCUT2D eigenvalue weighted by Gasteiger charge is -2.25. The average molecular weight is 423 g/mol. The van der Waals surface area contributed by atoms with Crippen molar-refractivity contribution in [3.05, 3.63) is 65.9 Å². The Kier molecular flexibility index (Phi) is 6.11. The van der Waals surface area contributed by atoms with Crippen molar-refractivity contribution in [3.63, 3.8) is 0 Å². The highest BCUT2D eigenvalue weighted by atomic mass is 35.5. The second-order valence-corrected chi connectivity index (χ2v) is 6.63. The normalized spacial score (nSPS) is 11.9. The van der Waals surface area contributed by atoms with Gasteiger partial charge in [0.2, 0.25) is 0 Å². The summed E-state index contributed by atoms with van der Waals surface area (Å²) in [5.74, 6) is -0.551. The Morgan fingerprint density at radius 2 is 1.84 bits per heavy atom. The molecule has 132 valence electrons. The molecule has 6 nitrogen and oxygen atoms in total. The fourth-order valence-electron chi connectivity index (χ4n) is 2.09. The van der Waals surface area contributed by atoms with E-state index in [2.05, 4.69) is 4.98 Å². The molecule has 10 heteroatoms. The highest BCUT2D eigenvalue weighted by Gasteiger charge is 2.26. The van der Waals surface area contributed by atoms with E-state index in [1.54, 1.807) is 19.1 Å². The van der Waals surface area contributed by atoms with Gasteiger partial charge in [0.15, 0.2) is 0 Å². The first-order valence-corrected chi connectivity index (χ1v) is 8.37. The lowest BCUT2D eigenvalue weighted by atomic mass is 10.1. The van der Waals surface area contributed by atoms with Gasteiger partial charge in [0.25, 0.3) is 11.6 Å². The van der Waals surface area contributed by atoms with Crippen molar-refractivity contribution >= 4 is 58.0 Å². The smallest absolute Gasteiger partial charge is 0.274 e. The lowest BCUT2D eigenvalue weighted by Crippen LogP contribution is -2.30. The van der Waals surface area contributed by atoms with Crippen LogP contribution in [-0.4, -0.2) is 27.8 Å². The maximum atomic E-state index is 12.7. The number of nitro benzene ring substituents is 1. The summed E-state index contributed by atoms with van der Waals surface area (Å²) in [6.07, 6.45) is 0. The Hall–Kier alpha value is -1.60. The van der Waals surface area contributed by atoms with Gasteiger partial charge in [-0.1, -0.05) is 58.5 Å². The molecule has 1 heterocycles. The Morgan fingerprint density at radius 1 is 1.20 bits per heavy atom. The molecule has 0 aliphatic heterocycles. The Bertz CT molecular complexity index is 860. The predicted octanol–water partition coefficient (Wildman–Crippen LogP) is 5.44. The molecule has 1 aromatic carbocycles. The topological polar surface area (TPSA) is 76.3 Å². The van der Waals surface area contributed by atoms with E-state index < -0.39 is 16.9 Å². The molecule has 1 aromatic heterocycles. The predicted molar refractivity (Wildman–Crippen MR) is 97.9 cm³/mol. The van der Waals surface area contributed by atoms with Gasteiger partial charge in [0.05, 0.1) is 26.0 Å². The molecule has 1 amide bonds. The van der Waals surface area contributed by atoms with Crippen LogP contribution < -0.4 is 0 Å². The number of nitro groups is 1.